The lowest BCUT2D eigenvalue weighted by atomic mass is 10.1. The van der Waals surface area contributed by atoms with Gasteiger partial charge >= 0.3 is 0 Å². The first kappa shape index (κ1) is 12.1. The van der Waals surface area contributed by atoms with Gasteiger partial charge in [0.25, 0.3) is 0 Å². The molecule has 16 heavy (non-hydrogen) atoms. The van der Waals surface area contributed by atoms with Crippen molar-refractivity contribution in [3.63, 3.8) is 0 Å². The van der Waals surface area contributed by atoms with Crippen LogP contribution in [0, 0.1) is 0 Å². The molecule has 0 aliphatic carbocycles. The third-order valence-corrected chi connectivity index (χ3v) is 3.75. The highest BCUT2D eigenvalue weighted by Gasteiger charge is 2.16. The fourth-order valence-electron chi connectivity index (χ4n) is 2.21. The van der Waals surface area contributed by atoms with E-state index in [4.69, 9.17) is 0 Å². The van der Waals surface area contributed by atoms with Crippen LogP contribution in [0.5, 0.6) is 0 Å². The number of halogens is 1. The fourth-order valence-corrected chi connectivity index (χ4v) is 2.48. The summed E-state index contributed by atoms with van der Waals surface area (Å²) in [5.41, 5.74) is 1.43. The van der Waals surface area contributed by atoms with Gasteiger partial charge in [0.15, 0.2) is 0 Å². The van der Waals surface area contributed by atoms with Crippen molar-refractivity contribution in [2.45, 2.75) is 19.4 Å². The van der Waals surface area contributed by atoms with Crippen LogP contribution in [0.15, 0.2) is 28.7 Å². The predicted octanol–water partition coefficient (Wildman–Crippen LogP) is 2.29. The molecule has 88 valence electrons. The van der Waals surface area contributed by atoms with Crippen LogP contribution < -0.4 is 5.32 Å². The second kappa shape index (κ2) is 5.80. The Hall–Kier alpha value is -0.380. The molecular formula is C13H19BrN2. The molecule has 0 spiro atoms. The fraction of sp³-hybridized carbons (Fsp3) is 0.538. The van der Waals surface area contributed by atoms with Crippen molar-refractivity contribution >= 4 is 15.9 Å². The van der Waals surface area contributed by atoms with Crippen LogP contribution >= 0.6 is 15.9 Å². The van der Waals surface area contributed by atoms with Crippen LogP contribution in [-0.2, 0) is 6.42 Å². The zero-order chi connectivity index (χ0) is 11.4. The normalized spacial score (nSPS) is 19.6. The lowest BCUT2D eigenvalue weighted by molar-refractivity contribution is 0.183. The molecular weight excluding hydrogens is 264 g/mol. The summed E-state index contributed by atoms with van der Waals surface area (Å²) in [6.07, 6.45) is 1.15. The predicted molar refractivity (Wildman–Crippen MR) is 71.8 cm³/mol. The number of rotatable bonds is 3. The minimum absolute atomic E-state index is 0.642. The zero-order valence-corrected chi connectivity index (χ0v) is 11.3. The molecule has 0 amide bonds. The molecule has 0 bridgehead atoms. The van der Waals surface area contributed by atoms with Crippen LogP contribution in [0.2, 0.25) is 0 Å². The Morgan fingerprint density at radius 1 is 1.25 bits per heavy atom. The van der Waals surface area contributed by atoms with Gasteiger partial charge in [-0.05, 0) is 31.0 Å². The number of nitrogens with zero attached hydrogens (tertiary/aromatic N) is 1. The number of hydrogen-bond acceptors (Lipinski definition) is 2. The topological polar surface area (TPSA) is 15.3 Å². The molecule has 2 rings (SSSR count). The number of nitrogens with one attached hydrogen (secondary N) is 1. The van der Waals surface area contributed by atoms with Gasteiger partial charge < -0.3 is 5.32 Å². The third-order valence-electron chi connectivity index (χ3n) is 3.22. The largest absolute Gasteiger partial charge is 0.314 e. The molecule has 1 atom stereocenters. The summed E-state index contributed by atoms with van der Waals surface area (Å²) in [6, 6.07) is 9.31. The van der Waals surface area contributed by atoms with Gasteiger partial charge in [0.2, 0.25) is 0 Å². The van der Waals surface area contributed by atoms with E-state index in [9.17, 15) is 0 Å². The molecule has 1 fully saturated rings. The average Bonchev–Trinajstić information content (AvgIpc) is 2.33. The molecule has 1 aliphatic rings. The Labute approximate surface area is 106 Å². The highest BCUT2D eigenvalue weighted by molar-refractivity contribution is 9.10. The Kier molecular flexibility index (Phi) is 4.38. The van der Waals surface area contributed by atoms with Gasteiger partial charge in [0, 0.05) is 36.7 Å². The van der Waals surface area contributed by atoms with Gasteiger partial charge in [0.1, 0.15) is 0 Å². The van der Waals surface area contributed by atoms with Gasteiger partial charge in [-0.25, -0.2) is 0 Å². The second-order valence-corrected chi connectivity index (χ2v) is 5.38. The van der Waals surface area contributed by atoms with Gasteiger partial charge in [-0.1, -0.05) is 28.1 Å². The average molecular weight is 283 g/mol. The van der Waals surface area contributed by atoms with E-state index in [2.05, 4.69) is 57.3 Å². The van der Waals surface area contributed by atoms with E-state index in [0.717, 1.165) is 24.0 Å². The maximum atomic E-state index is 3.47. The Morgan fingerprint density at radius 3 is 2.50 bits per heavy atom. The molecule has 1 unspecified atom stereocenters. The first-order chi connectivity index (χ1) is 7.75. The molecule has 0 saturated carbocycles. The van der Waals surface area contributed by atoms with E-state index >= 15 is 0 Å². The summed E-state index contributed by atoms with van der Waals surface area (Å²) >= 11 is 3.47. The smallest absolute Gasteiger partial charge is 0.0175 e. The van der Waals surface area contributed by atoms with Crippen molar-refractivity contribution in [1.82, 2.24) is 10.2 Å². The molecule has 1 saturated heterocycles. The Morgan fingerprint density at radius 2 is 1.88 bits per heavy atom. The van der Waals surface area contributed by atoms with Crippen LogP contribution in [-0.4, -0.2) is 37.1 Å². The second-order valence-electron chi connectivity index (χ2n) is 4.47. The van der Waals surface area contributed by atoms with Gasteiger partial charge in [-0.15, -0.1) is 0 Å². The van der Waals surface area contributed by atoms with Crippen molar-refractivity contribution in [2.24, 2.45) is 0 Å². The molecule has 1 aromatic carbocycles. The van der Waals surface area contributed by atoms with E-state index in [0.29, 0.717) is 6.04 Å². The molecule has 2 nitrogen and oxygen atoms in total. The number of benzene rings is 1. The molecule has 1 N–H and O–H groups in total. The summed E-state index contributed by atoms with van der Waals surface area (Å²) < 4.78 is 1.16. The van der Waals surface area contributed by atoms with Gasteiger partial charge in [0.05, 0.1) is 0 Å². The molecule has 1 aliphatic heterocycles. The highest BCUT2D eigenvalue weighted by Crippen LogP contribution is 2.14. The monoisotopic (exact) mass is 282 g/mol. The summed E-state index contributed by atoms with van der Waals surface area (Å²) in [6.45, 7) is 6.94. The van der Waals surface area contributed by atoms with Crippen molar-refractivity contribution in [3.8, 4) is 0 Å². The maximum Gasteiger partial charge on any atom is 0.0175 e. The van der Waals surface area contributed by atoms with Crippen LogP contribution in [0.25, 0.3) is 0 Å². The Bertz CT molecular complexity index is 317. The van der Waals surface area contributed by atoms with Crippen molar-refractivity contribution in [2.75, 3.05) is 26.2 Å². The van der Waals surface area contributed by atoms with E-state index in [1.54, 1.807) is 0 Å². The van der Waals surface area contributed by atoms with Gasteiger partial charge in [-0.2, -0.15) is 0 Å². The summed E-state index contributed by atoms with van der Waals surface area (Å²) in [5, 5.41) is 3.39. The lowest BCUT2D eigenvalue weighted by Crippen LogP contribution is -2.48. The van der Waals surface area contributed by atoms with Crippen molar-refractivity contribution in [3.05, 3.63) is 34.3 Å². The molecule has 0 radical (unpaired) electrons. The maximum absolute atomic E-state index is 3.47. The molecule has 3 heteroatoms. The third kappa shape index (κ3) is 3.30. The van der Waals surface area contributed by atoms with Crippen molar-refractivity contribution < 1.29 is 0 Å². The van der Waals surface area contributed by atoms with E-state index in [1.807, 2.05) is 0 Å². The number of hydrogen-bond donors (Lipinski definition) is 1. The molecule has 1 heterocycles. The molecule has 0 aromatic heterocycles. The highest BCUT2D eigenvalue weighted by atomic mass is 79.9. The van der Waals surface area contributed by atoms with Crippen LogP contribution in [0.1, 0.15) is 12.5 Å². The minimum atomic E-state index is 0.642. The van der Waals surface area contributed by atoms with E-state index < -0.39 is 0 Å². The standard InChI is InChI=1S/C13H19BrN2/c1-11(16-8-6-15-7-9-16)10-12-2-4-13(14)5-3-12/h2-5,11,15H,6-10H2,1H3. The summed E-state index contributed by atoms with van der Waals surface area (Å²) in [5.74, 6) is 0. The SMILES string of the molecule is CC(Cc1ccc(Br)cc1)N1CCNCC1. The quantitative estimate of drug-likeness (QED) is 0.915. The zero-order valence-electron chi connectivity index (χ0n) is 9.75. The number of piperazine rings is 1. The first-order valence-corrected chi connectivity index (χ1v) is 6.74. The minimum Gasteiger partial charge on any atom is -0.314 e. The summed E-state index contributed by atoms with van der Waals surface area (Å²) in [7, 11) is 0. The van der Waals surface area contributed by atoms with Crippen LogP contribution in [0.4, 0.5) is 0 Å². The molecule has 1 aromatic rings. The van der Waals surface area contributed by atoms with Gasteiger partial charge in [-0.3, -0.25) is 4.90 Å². The van der Waals surface area contributed by atoms with E-state index in [1.165, 1.54) is 18.7 Å². The van der Waals surface area contributed by atoms with Crippen molar-refractivity contribution in [1.29, 1.82) is 0 Å². The first-order valence-electron chi connectivity index (χ1n) is 5.95. The summed E-state index contributed by atoms with van der Waals surface area (Å²) in [4.78, 5) is 2.57. The Balaban J connectivity index is 1.90. The lowest BCUT2D eigenvalue weighted by Gasteiger charge is -2.32. The van der Waals surface area contributed by atoms with Crippen LogP contribution in [0.3, 0.4) is 0 Å². The van der Waals surface area contributed by atoms with E-state index in [-0.39, 0.29) is 0 Å².